The lowest BCUT2D eigenvalue weighted by Crippen LogP contribution is -2.46. The molecule has 0 saturated carbocycles. The molecule has 1 aliphatic rings. The molecule has 0 unspecified atom stereocenters. The maximum Gasteiger partial charge on any atom is 0.191 e. The van der Waals surface area contributed by atoms with Crippen molar-refractivity contribution in [2.75, 3.05) is 51.8 Å². The lowest BCUT2D eigenvalue weighted by Gasteiger charge is -2.34. The Balaban J connectivity index is 0.00000320. The Kier molecular flexibility index (Phi) is 10.2. The average molecular weight is 524 g/mol. The molecule has 0 aliphatic carbocycles. The van der Waals surface area contributed by atoms with Crippen LogP contribution in [0.2, 0.25) is 0 Å². The van der Waals surface area contributed by atoms with Crippen molar-refractivity contribution in [3.63, 3.8) is 0 Å². The van der Waals surface area contributed by atoms with Gasteiger partial charge in [0.05, 0.1) is 7.11 Å². The molecule has 2 aromatic rings. The van der Waals surface area contributed by atoms with Gasteiger partial charge in [0.2, 0.25) is 0 Å². The zero-order chi connectivity index (χ0) is 20.5. The van der Waals surface area contributed by atoms with Crippen LogP contribution >= 0.6 is 24.0 Å². The number of pyridine rings is 1. The number of halogens is 1. The zero-order valence-corrected chi connectivity index (χ0v) is 20.4. The lowest BCUT2D eigenvalue weighted by atomic mass is 10.2. The summed E-state index contributed by atoms with van der Waals surface area (Å²) in [6, 6.07) is 12.2. The van der Waals surface area contributed by atoms with Crippen molar-refractivity contribution in [1.29, 1.82) is 0 Å². The number of rotatable bonds is 7. The molecular formula is C22H33IN6O. The van der Waals surface area contributed by atoms with Crippen molar-refractivity contribution in [2.45, 2.75) is 20.0 Å². The van der Waals surface area contributed by atoms with Crippen LogP contribution in [0, 0.1) is 0 Å². The summed E-state index contributed by atoms with van der Waals surface area (Å²) in [6.07, 6.45) is 1.89. The van der Waals surface area contributed by atoms with Crippen LogP contribution in [0.4, 0.5) is 5.82 Å². The molecule has 0 radical (unpaired) electrons. The fourth-order valence-corrected chi connectivity index (χ4v) is 3.41. The average Bonchev–Trinajstić information content (AvgIpc) is 2.79. The number of ether oxygens (including phenoxy) is 1. The van der Waals surface area contributed by atoms with Crippen LogP contribution in [0.3, 0.4) is 0 Å². The fourth-order valence-electron chi connectivity index (χ4n) is 3.41. The zero-order valence-electron chi connectivity index (χ0n) is 18.1. The smallest absolute Gasteiger partial charge is 0.191 e. The van der Waals surface area contributed by atoms with Crippen LogP contribution in [0.15, 0.2) is 47.6 Å². The number of methoxy groups -OCH3 is 1. The van der Waals surface area contributed by atoms with E-state index in [0.29, 0.717) is 13.1 Å². The number of nitrogens with zero attached hydrogens (tertiary/aromatic N) is 4. The SMILES string of the molecule is CCN1CCN(c2cc(CNC(=NC)NCc3cccc(OC)c3)ccn2)CC1.I. The lowest BCUT2D eigenvalue weighted by molar-refractivity contribution is 0.270. The van der Waals surface area contributed by atoms with E-state index in [1.165, 1.54) is 5.56 Å². The van der Waals surface area contributed by atoms with Crippen molar-refractivity contribution >= 4 is 35.8 Å². The first-order chi connectivity index (χ1) is 14.2. The molecule has 2 N–H and O–H groups in total. The second kappa shape index (κ2) is 12.6. The molecule has 1 saturated heterocycles. The molecule has 8 heteroatoms. The number of benzene rings is 1. The maximum atomic E-state index is 5.28. The van der Waals surface area contributed by atoms with Crippen molar-refractivity contribution in [3.05, 3.63) is 53.7 Å². The van der Waals surface area contributed by atoms with Gasteiger partial charge in [-0.3, -0.25) is 4.99 Å². The highest BCUT2D eigenvalue weighted by molar-refractivity contribution is 14.0. The first-order valence-electron chi connectivity index (χ1n) is 10.2. The van der Waals surface area contributed by atoms with Gasteiger partial charge < -0.3 is 25.2 Å². The van der Waals surface area contributed by atoms with Crippen LogP contribution in [0.25, 0.3) is 0 Å². The number of likely N-dealkylation sites (N-methyl/N-ethyl adjacent to an activating group) is 1. The highest BCUT2D eigenvalue weighted by atomic mass is 127. The fraction of sp³-hybridized carbons (Fsp3) is 0.455. The van der Waals surface area contributed by atoms with Gasteiger partial charge in [-0.25, -0.2) is 4.98 Å². The van der Waals surface area contributed by atoms with Crippen molar-refractivity contribution in [3.8, 4) is 5.75 Å². The minimum Gasteiger partial charge on any atom is -0.497 e. The van der Waals surface area contributed by atoms with Crippen LogP contribution in [-0.2, 0) is 13.1 Å². The van der Waals surface area contributed by atoms with Crippen molar-refractivity contribution in [1.82, 2.24) is 20.5 Å². The highest BCUT2D eigenvalue weighted by Crippen LogP contribution is 2.15. The van der Waals surface area contributed by atoms with Gasteiger partial charge in [-0.1, -0.05) is 19.1 Å². The van der Waals surface area contributed by atoms with Gasteiger partial charge in [0.25, 0.3) is 0 Å². The molecule has 1 aromatic carbocycles. The molecule has 3 rings (SSSR count). The summed E-state index contributed by atoms with van der Waals surface area (Å²) in [5, 5.41) is 6.73. The van der Waals surface area contributed by atoms with Crippen molar-refractivity contribution in [2.24, 2.45) is 4.99 Å². The third-order valence-electron chi connectivity index (χ3n) is 5.23. The largest absolute Gasteiger partial charge is 0.497 e. The Labute approximate surface area is 196 Å². The monoisotopic (exact) mass is 524 g/mol. The van der Waals surface area contributed by atoms with E-state index in [4.69, 9.17) is 4.74 Å². The second-order valence-corrected chi connectivity index (χ2v) is 7.07. The normalized spacial score (nSPS) is 14.8. The molecule has 2 heterocycles. The van der Waals surface area contributed by atoms with Crippen LogP contribution in [0.1, 0.15) is 18.1 Å². The van der Waals surface area contributed by atoms with Gasteiger partial charge in [-0.15, -0.1) is 24.0 Å². The van der Waals surface area contributed by atoms with E-state index in [1.807, 2.05) is 30.5 Å². The Hall–Kier alpha value is -2.07. The second-order valence-electron chi connectivity index (χ2n) is 7.07. The summed E-state index contributed by atoms with van der Waals surface area (Å²) in [5.41, 5.74) is 2.34. The summed E-state index contributed by atoms with van der Waals surface area (Å²) >= 11 is 0. The summed E-state index contributed by atoms with van der Waals surface area (Å²) in [4.78, 5) is 13.7. The topological polar surface area (TPSA) is 65.0 Å². The Morgan fingerprint density at radius 3 is 2.40 bits per heavy atom. The summed E-state index contributed by atoms with van der Waals surface area (Å²) < 4.78 is 5.28. The highest BCUT2D eigenvalue weighted by Gasteiger charge is 2.16. The van der Waals surface area contributed by atoms with Gasteiger partial charge in [0, 0.05) is 52.5 Å². The molecular weight excluding hydrogens is 491 g/mol. The molecule has 1 fully saturated rings. The van der Waals surface area contributed by atoms with E-state index in [-0.39, 0.29) is 24.0 Å². The first kappa shape index (κ1) is 24.2. The number of hydrogen-bond acceptors (Lipinski definition) is 5. The predicted octanol–water partition coefficient (Wildman–Crippen LogP) is 2.72. The predicted molar refractivity (Wildman–Crippen MR) is 134 cm³/mol. The summed E-state index contributed by atoms with van der Waals surface area (Å²) in [6.45, 7) is 8.97. The first-order valence-corrected chi connectivity index (χ1v) is 10.2. The molecule has 0 amide bonds. The molecule has 164 valence electrons. The van der Waals surface area contributed by atoms with E-state index in [2.05, 4.69) is 49.5 Å². The molecule has 0 atom stereocenters. The van der Waals surface area contributed by atoms with Gasteiger partial charge in [0.15, 0.2) is 5.96 Å². The molecule has 0 spiro atoms. The van der Waals surface area contributed by atoms with Crippen LogP contribution < -0.4 is 20.3 Å². The Bertz CT molecular complexity index is 808. The Morgan fingerprint density at radius 2 is 1.77 bits per heavy atom. The quantitative estimate of drug-likeness (QED) is 0.330. The molecule has 1 aromatic heterocycles. The van der Waals surface area contributed by atoms with Crippen molar-refractivity contribution < 1.29 is 4.74 Å². The standard InChI is InChI=1S/C22H32N6O.HI/c1-4-27-10-12-28(13-11-27)21-15-19(8-9-24-21)17-26-22(23-2)25-16-18-6-5-7-20(14-18)29-3;/h5-9,14-15H,4,10-13,16-17H2,1-3H3,(H2,23,25,26);1H. The van der Waals surface area contributed by atoms with E-state index in [0.717, 1.165) is 55.8 Å². The van der Waals surface area contributed by atoms with Gasteiger partial charge in [0.1, 0.15) is 11.6 Å². The number of guanidine groups is 1. The van der Waals surface area contributed by atoms with E-state index < -0.39 is 0 Å². The maximum absolute atomic E-state index is 5.28. The van der Waals surface area contributed by atoms with Gasteiger partial charge in [-0.05, 0) is 41.9 Å². The van der Waals surface area contributed by atoms with E-state index in [9.17, 15) is 0 Å². The molecule has 1 aliphatic heterocycles. The third kappa shape index (κ3) is 7.02. The number of aromatic nitrogens is 1. The van der Waals surface area contributed by atoms with E-state index in [1.54, 1.807) is 14.2 Å². The number of nitrogens with one attached hydrogen (secondary N) is 2. The summed E-state index contributed by atoms with van der Waals surface area (Å²) in [7, 11) is 3.46. The molecule has 30 heavy (non-hydrogen) atoms. The van der Waals surface area contributed by atoms with Crippen LogP contribution in [0.5, 0.6) is 5.75 Å². The van der Waals surface area contributed by atoms with E-state index >= 15 is 0 Å². The molecule has 7 nitrogen and oxygen atoms in total. The summed E-state index contributed by atoms with van der Waals surface area (Å²) in [5.74, 6) is 2.68. The molecule has 0 bridgehead atoms. The number of aliphatic imine (C=N–C) groups is 1. The number of piperazine rings is 1. The minimum absolute atomic E-state index is 0. The number of hydrogen-bond donors (Lipinski definition) is 2. The number of anilines is 1. The van der Waals surface area contributed by atoms with Gasteiger partial charge >= 0.3 is 0 Å². The van der Waals surface area contributed by atoms with Gasteiger partial charge in [-0.2, -0.15) is 0 Å². The third-order valence-corrected chi connectivity index (χ3v) is 5.23. The minimum atomic E-state index is 0. The van der Waals surface area contributed by atoms with Crippen LogP contribution in [-0.4, -0.2) is 62.7 Å². The Morgan fingerprint density at radius 1 is 1.07 bits per heavy atom.